The van der Waals surface area contributed by atoms with E-state index in [-0.39, 0.29) is 5.91 Å². The highest BCUT2D eigenvalue weighted by atomic mass is 16.2. The maximum Gasteiger partial charge on any atom is 0.240 e. The van der Waals surface area contributed by atoms with Gasteiger partial charge in [-0.25, -0.2) is 0 Å². The lowest BCUT2D eigenvalue weighted by atomic mass is 10.2. The fraction of sp³-hybridized carbons (Fsp3) is 0.600. The van der Waals surface area contributed by atoms with Crippen LogP contribution in [-0.4, -0.2) is 61.4 Å². The Balaban J connectivity index is 1.29. The van der Waals surface area contributed by atoms with Crippen molar-refractivity contribution in [3.8, 4) is 0 Å². The van der Waals surface area contributed by atoms with Crippen molar-refractivity contribution in [3.05, 3.63) is 30.3 Å². The van der Waals surface area contributed by atoms with Crippen molar-refractivity contribution in [2.75, 3.05) is 44.7 Å². The molecule has 134 valence electrons. The fourth-order valence-electron chi connectivity index (χ4n) is 4.07. The Labute approximate surface area is 149 Å². The van der Waals surface area contributed by atoms with Crippen LogP contribution in [0.3, 0.4) is 0 Å². The molecule has 3 aliphatic rings. The lowest BCUT2D eigenvalue weighted by Gasteiger charge is -2.24. The number of nitrogens with zero attached hydrogens (tertiary/aromatic N) is 3. The molecule has 1 aromatic rings. The van der Waals surface area contributed by atoms with E-state index in [0.29, 0.717) is 23.8 Å². The Bertz CT molecular complexity index is 656. The molecular formula is C20H27N3O2. The summed E-state index contributed by atoms with van der Waals surface area (Å²) in [4.78, 5) is 31.1. The highest BCUT2D eigenvalue weighted by Crippen LogP contribution is 2.70. The normalized spacial score (nSPS) is 24.7. The first kappa shape index (κ1) is 16.6. The Morgan fingerprint density at radius 3 is 2.56 bits per heavy atom. The van der Waals surface area contributed by atoms with Crippen LogP contribution >= 0.6 is 0 Å². The first-order valence-electron chi connectivity index (χ1n) is 9.42. The van der Waals surface area contributed by atoms with Crippen molar-refractivity contribution in [2.24, 2.45) is 11.3 Å². The molecule has 4 rings (SSSR count). The number of anilines is 1. The third-order valence-corrected chi connectivity index (χ3v) is 6.16. The number of carbonyl (C=O) groups is 2. The summed E-state index contributed by atoms with van der Waals surface area (Å²) in [6.45, 7) is 3.69. The Kier molecular flexibility index (Phi) is 4.28. The number of para-hydroxylation sites is 1. The van der Waals surface area contributed by atoms with Crippen molar-refractivity contribution < 1.29 is 9.59 Å². The van der Waals surface area contributed by atoms with Gasteiger partial charge in [-0.3, -0.25) is 14.5 Å². The summed E-state index contributed by atoms with van der Waals surface area (Å²) in [6, 6.07) is 9.74. The average Bonchev–Trinajstić information content (AvgIpc) is 3.55. The zero-order valence-electron chi connectivity index (χ0n) is 15.0. The molecule has 2 aliphatic carbocycles. The van der Waals surface area contributed by atoms with Gasteiger partial charge in [0, 0.05) is 44.8 Å². The predicted molar refractivity (Wildman–Crippen MR) is 97.3 cm³/mol. The van der Waals surface area contributed by atoms with E-state index >= 15 is 0 Å². The molecule has 1 aliphatic heterocycles. The van der Waals surface area contributed by atoms with Gasteiger partial charge in [0.05, 0.1) is 6.54 Å². The summed E-state index contributed by atoms with van der Waals surface area (Å²) in [5.41, 5.74) is 1.35. The van der Waals surface area contributed by atoms with E-state index < -0.39 is 0 Å². The molecule has 5 heteroatoms. The quantitative estimate of drug-likeness (QED) is 0.841. The molecular weight excluding hydrogens is 314 g/mol. The number of hydrogen-bond donors (Lipinski definition) is 0. The molecule has 1 unspecified atom stereocenters. The van der Waals surface area contributed by atoms with Crippen LogP contribution in [0.15, 0.2) is 30.3 Å². The molecule has 1 aromatic carbocycles. The third-order valence-electron chi connectivity index (χ3n) is 6.16. The summed E-state index contributed by atoms with van der Waals surface area (Å²) >= 11 is 0. The van der Waals surface area contributed by atoms with Crippen LogP contribution in [0.1, 0.15) is 25.7 Å². The molecule has 3 fully saturated rings. The van der Waals surface area contributed by atoms with Gasteiger partial charge in [0.15, 0.2) is 0 Å². The fourth-order valence-corrected chi connectivity index (χ4v) is 4.07. The number of hydrogen-bond acceptors (Lipinski definition) is 3. The minimum atomic E-state index is 0.102. The molecule has 0 aromatic heterocycles. The van der Waals surface area contributed by atoms with Crippen molar-refractivity contribution in [2.45, 2.75) is 25.7 Å². The third kappa shape index (κ3) is 3.43. The Morgan fingerprint density at radius 2 is 1.88 bits per heavy atom. The van der Waals surface area contributed by atoms with E-state index in [2.05, 4.69) is 4.90 Å². The van der Waals surface area contributed by atoms with Gasteiger partial charge in [-0.1, -0.05) is 18.2 Å². The molecule has 0 radical (unpaired) electrons. The van der Waals surface area contributed by atoms with Crippen LogP contribution in [0, 0.1) is 11.3 Å². The van der Waals surface area contributed by atoms with Crippen molar-refractivity contribution in [1.29, 1.82) is 0 Å². The van der Waals surface area contributed by atoms with Crippen molar-refractivity contribution in [1.82, 2.24) is 9.80 Å². The largest absolute Gasteiger partial charge is 0.341 e. The molecule has 5 nitrogen and oxygen atoms in total. The summed E-state index contributed by atoms with van der Waals surface area (Å²) in [7, 11) is 1.83. The maximum absolute atomic E-state index is 12.6. The molecule has 2 amide bonds. The molecule has 0 N–H and O–H groups in total. The van der Waals surface area contributed by atoms with Crippen LogP contribution < -0.4 is 4.90 Å². The zero-order valence-corrected chi connectivity index (χ0v) is 15.0. The van der Waals surface area contributed by atoms with E-state index in [1.807, 2.05) is 42.3 Å². The minimum Gasteiger partial charge on any atom is -0.341 e. The van der Waals surface area contributed by atoms with Gasteiger partial charge in [-0.05, 0) is 43.2 Å². The van der Waals surface area contributed by atoms with Gasteiger partial charge in [-0.2, -0.15) is 0 Å². The smallest absolute Gasteiger partial charge is 0.240 e. The number of rotatable bonds is 4. The van der Waals surface area contributed by atoms with Crippen LogP contribution in [0.2, 0.25) is 0 Å². The van der Waals surface area contributed by atoms with Crippen molar-refractivity contribution >= 4 is 17.5 Å². The molecule has 0 bridgehead atoms. The highest BCUT2D eigenvalue weighted by molar-refractivity contribution is 5.94. The first-order chi connectivity index (χ1) is 12.1. The molecule has 1 heterocycles. The van der Waals surface area contributed by atoms with Gasteiger partial charge in [-0.15, -0.1) is 0 Å². The minimum absolute atomic E-state index is 0.102. The van der Waals surface area contributed by atoms with Crippen molar-refractivity contribution in [3.63, 3.8) is 0 Å². The summed E-state index contributed by atoms with van der Waals surface area (Å²) in [5.74, 6) is 0.780. The monoisotopic (exact) mass is 341 g/mol. The summed E-state index contributed by atoms with van der Waals surface area (Å²) in [5, 5.41) is 0. The lowest BCUT2D eigenvalue weighted by molar-refractivity contribution is -0.132. The van der Waals surface area contributed by atoms with Gasteiger partial charge in [0.1, 0.15) is 0 Å². The van der Waals surface area contributed by atoms with Gasteiger partial charge in [0.25, 0.3) is 0 Å². The highest BCUT2D eigenvalue weighted by Gasteiger charge is 2.66. The maximum atomic E-state index is 12.6. The average molecular weight is 341 g/mol. The Morgan fingerprint density at radius 1 is 1.12 bits per heavy atom. The molecule has 1 saturated heterocycles. The second-order valence-corrected chi connectivity index (χ2v) is 7.86. The topological polar surface area (TPSA) is 43.9 Å². The Hall–Kier alpha value is -1.88. The van der Waals surface area contributed by atoms with Gasteiger partial charge < -0.3 is 9.80 Å². The van der Waals surface area contributed by atoms with E-state index in [4.69, 9.17) is 0 Å². The van der Waals surface area contributed by atoms with Crippen LogP contribution in [0.25, 0.3) is 0 Å². The van der Waals surface area contributed by atoms with Gasteiger partial charge in [0.2, 0.25) is 11.8 Å². The van der Waals surface area contributed by atoms with Gasteiger partial charge >= 0.3 is 0 Å². The predicted octanol–water partition coefficient (Wildman–Crippen LogP) is 1.98. The van der Waals surface area contributed by atoms with Crippen LogP contribution in [0.4, 0.5) is 5.69 Å². The number of amides is 2. The second kappa shape index (κ2) is 6.45. The molecule has 1 atom stereocenters. The van der Waals surface area contributed by atoms with Crippen LogP contribution in [0.5, 0.6) is 0 Å². The van der Waals surface area contributed by atoms with E-state index in [9.17, 15) is 9.59 Å². The number of benzene rings is 1. The number of carbonyl (C=O) groups excluding carboxylic acids is 2. The standard InChI is InChI=1S/C20H27N3O2/c1-21(16-6-3-2-4-7-16)18(24)15-22-10-5-11-23(13-12-22)19(25)17-14-20(17)8-9-20/h2-4,6-7,17H,5,8-15H2,1H3. The molecule has 2 saturated carbocycles. The summed E-state index contributed by atoms with van der Waals surface area (Å²) in [6.07, 6.45) is 4.58. The summed E-state index contributed by atoms with van der Waals surface area (Å²) < 4.78 is 0. The number of likely N-dealkylation sites (N-methyl/N-ethyl adjacent to an activating group) is 1. The SMILES string of the molecule is CN(C(=O)CN1CCCN(C(=O)C2CC23CC3)CC1)c1ccccc1. The lowest BCUT2D eigenvalue weighted by Crippen LogP contribution is -2.41. The van der Waals surface area contributed by atoms with E-state index in [1.165, 1.54) is 12.8 Å². The molecule has 1 spiro atoms. The first-order valence-corrected chi connectivity index (χ1v) is 9.42. The molecule has 25 heavy (non-hydrogen) atoms. The second-order valence-electron chi connectivity index (χ2n) is 7.86. The van der Waals surface area contributed by atoms with E-state index in [0.717, 1.165) is 44.7 Å². The van der Waals surface area contributed by atoms with E-state index in [1.54, 1.807) is 4.90 Å². The van der Waals surface area contributed by atoms with Crippen LogP contribution in [-0.2, 0) is 9.59 Å². The zero-order chi connectivity index (χ0) is 17.4.